The van der Waals surface area contributed by atoms with Crippen LogP contribution in [0, 0.1) is 0 Å². The molecular formula is C11H13BrO4. The van der Waals surface area contributed by atoms with Crippen molar-refractivity contribution in [2.45, 2.75) is 6.42 Å². The monoisotopic (exact) mass is 288 g/mol. The molecule has 0 amide bonds. The predicted octanol–water partition coefficient (Wildman–Crippen LogP) is 2.03. The summed E-state index contributed by atoms with van der Waals surface area (Å²) in [4.78, 5) is 10.7. The van der Waals surface area contributed by atoms with E-state index in [0.717, 1.165) is 6.29 Å². The number of ether oxygens (including phenoxy) is 2. The molecule has 16 heavy (non-hydrogen) atoms. The number of hydrogen-bond donors (Lipinski definition) is 1. The molecule has 0 radical (unpaired) electrons. The zero-order valence-electron chi connectivity index (χ0n) is 8.90. The second-order valence-electron chi connectivity index (χ2n) is 3.07. The van der Waals surface area contributed by atoms with E-state index in [0.29, 0.717) is 34.6 Å². The Labute approximate surface area is 102 Å². The lowest BCUT2D eigenvalue weighted by molar-refractivity contribution is 0.112. The largest absolute Gasteiger partial charge is 0.493 e. The van der Waals surface area contributed by atoms with Crippen LogP contribution in [0.4, 0.5) is 0 Å². The Bertz CT molecular complexity index is 365. The first kappa shape index (κ1) is 13.0. The van der Waals surface area contributed by atoms with Crippen LogP contribution in [0.3, 0.4) is 0 Å². The topological polar surface area (TPSA) is 55.8 Å². The molecule has 0 saturated carbocycles. The van der Waals surface area contributed by atoms with Gasteiger partial charge in [-0.2, -0.15) is 0 Å². The molecule has 88 valence electrons. The number of aliphatic hydroxyl groups excluding tert-OH is 1. The van der Waals surface area contributed by atoms with E-state index in [1.165, 1.54) is 7.11 Å². The maximum Gasteiger partial charge on any atom is 0.162 e. The van der Waals surface area contributed by atoms with Gasteiger partial charge in [-0.1, -0.05) is 0 Å². The van der Waals surface area contributed by atoms with Crippen LogP contribution < -0.4 is 9.47 Å². The van der Waals surface area contributed by atoms with E-state index in [1.807, 2.05) is 0 Å². The molecule has 0 heterocycles. The predicted molar refractivity (Wildman–Crippen MR) is 63.3 cm³/mol. The molecule has 1 rings (SSSR count). The van der Waals surface area contributed by atoms with Crippen molar-refractivity contribution in [3.63, 3.8) is 0 Å². The van der Waals surface area contributed by atoms with Gasteiger partial charge in [-0.15, -0.1) is 0 Å². The number of halogens is 1. The van der Waals surface area contributed by atoms with Crippen LogP contribution in [0.1, 0.15) is 16.8 Å². The Morgan fingerprint density at radius 3 is 2.75 bits per heavy atom. The van der Waals surface area contributed by atoms with Crippen molar-refractivity contribution in [2.75, 3.05) is 20.3 Å². The van der Waals surface area contributed by atoms with Gasteiger partial charge in [0.25, 0.3) is 0 Å². The highest BCUT2D eigenvalue weighted by atomic mass is 79.9. The van der Waals surface area contributed by atoms with Crippen LogP contribution in [0.2, 0.25) is 0 Å². The molecule has 1 N–H and O–H groups in total. The summed E-state index contributed by atoms with van der Waals surface area (Å²) >= 11 is 3.26. The minimum atomic E-state index is 0.0793. The lowest BCUT2D eigenvalue weighted by atomic mass is 10.2. The van der Waals surface area contributed by atoms with E-state index in [-0.39, 0.29) is 6.61 Å². The van der Waals surface area contributed by atoms with Gasteiger partial charge >= 0.3 is 0 Å². The molecule has 0 unspecified atom stereocenters. The summed E-state index contributed by atoms with van der Waals surface area (Å²) in [6.45, 7) is 0.482. The molecule has 5 heteroatoms. The fourth-order valence-corrected chi connectivity index (χ4v) is 1.58. The van der Waals surface area contributed by atoms with Crippen molar-refractivity contribution in [1.29, 1.82) is 0 Å². The maximum absolute atomic E-state index is 10.7. The number of aldehydes is 1. The normalized spacial score (nSPS) is 9.94. The zero-order chi connectivity index (χ0) is 12.0. The van der Waals surface area contributed by atoms with E-state index in [1.54, 1.807) is 12.1 Å². The quantitative estimate of drug-likeness (QED) is 0.643. The van der Waals surface area contributed by atoms with Gasteiger partial charge in [-0.05, 0) is 28.1 Å². The molecule has 0 aliphatic carbocycles. The first-order chi connectivity index (χ1) is 7.72. The Morgan fingerprint density at radius 2 is 2.19 bits per heavy atom. The summed E-state index contributed by atoms with van der Waals surface area (Å²) in [5.74, 6) is 1.05. The van der Waals surface area contributed by atoms with Crippen molar-refractivity contribution in [1.82, 2.24) is 0 Å². The molecule has 0 aliphatic rings. The summed E-state index contributed by atoms with van der Waals surface area (Å²) < 4.78 is 11.2. The van der Waals surface area contributed by atoms with Crippen LogP contribution in [-0.4, -0.2) is 31.7 Å². The number of methoxy groups -OCH3 is 1. The van der Waals surface area contributed by atoms with Crippen molar-refractivity contribution < 1.29 is 19.4 Å². The average molecular weight is 289 g/mol. The van der Waals surface area contributed by atoms with Gasteiger partial charge < -0.3 is 14.6 Å². The molecule has 1 aromatic carbocycles. The molecule has 0 aromatic heterocycles. The number of benzene rings is 1. The Hall–Kier alpha value is -1.07. The first-order valence-corrected chi connectivity index (χ1v) is 5.58. The third-order valence-corrected chi connectivity index (χ3v) is 2.66. The number of carbonyl (C=O) groups is 1. The van der Waals surface area contributed by atoms with Gasteiger partial charge in [0.05, 0.1) is 13.7 Å². The molecular weight excluding hydrogens is 276 g/mol. The molecule has 0 atom stereocenters. The summed E-state index contributed by atoms with van der Waals surface area (Å²) in [6, 6.07) is 3.28. The lowest BCUT2D eigenvalue weighted by Gasteiger charge is -2.11. The number of hydrogen-bond acceptors (Lipinski definition) is 4. The van der Waals surface area contributed by atoms with Gasteiger partial charge in [0.2, 0.25) is 0 Å². The highest BCUT2D eigenvalue weighted by molar-refractivity contribution is 9.10. The fraction of sp³-hybridized carbons (Fsp3) is 0.364. The van der Waals surface area contributed by atoms with Crippen LogP contribution in [0.15, 0.2) is 16.6 Å². The summed E-state index contributed by atoms with van der Waals surface area (Å²) in [5.41, 5.74) is 0.506. The molecule has 0 spiro atoms. The van der Waals surface area contributed by atoms with E-state index >= 15 is 0 Å². The second kappa shape index (κ2) is 6.50. The van der Waals surface area contributed by atoms with Gasteiger partial charge in [0.1, 0.15) is 0 Å². The van der Waals surface area contributed by atoms with Crippen molar-refractivity contribution in [2.24, 2.45) is 0 Å². The van der Waals surface area contributed by atoms with E-state index < -0.39 is 0 Å². The molecule has 0 bridgehead atoms. The van der Waals surface area contributed by atoms with E-state index in [9.17, 15) is 4.79 Å². The molecule has 4 nitrogen and oxygen atoms in total. The van der Waals surface area contributed by atoms with Crippen LogP contribution in [-0.2, 0) is 0 Å². The molecule has 1 aromatic rings. The average Bonchev–Trinajstić information content (AvgIpc) is 2.30. The number of carbonyl (C=O) groups excluding carboxylic acids is 1. The fourth-order valence-electron chi connectivity index (χ4n) is 1.16. The maximum atomic E-state index is 10.7. The summed E-state index contributed by atoms with van der Waals surface area (Å²) in [6.07, 6.45) is 1.29. The van der Waals surface area contributed by atoms with Gasteiger partial charge in [-0.25, -0.2) is 0 Å². The SMILES string of the molecule is COc1cc(C=O)c(Br)cc1OCCCO. The van der Waals surface area contributed by atoms with Crippen LogP contribution in [0.25, 0.3) is 0 Å². The smallest absolute Gasteiger partial charge is 0.162 e. The van der Waals surface area contributed by atoms with E-state index in [4.69, 9.17) is 14.6 Å². The summed E-state index contributed by atoms with van der Waals surface area (Å²) in [5, 5.41) is 8.64. The summed E-state index contributed by atoms with van der Waals surface area (Å²) in [7, 11) is 1.51. The van der Waals surface area contributed by atoms with E-state index in [2.05, 4.69) is 15.9 Å². The van der Waals surface area contributed by atoms with Crippen molar-refractivity contribution >= 4 is 22.2 Å². The van der Waals surface area contributed by atoms with Crippen molar-refractivity contribution in [3.8, 4) is 11.5 Å². The zero-order valence-corrected chi connectivity index (χ0v) is 10.5. The minimum absolute atomic E-state index is 0.0793. The van der Waals surface area contributed by atoms with Crippen LogP contribution >= 0.6 is 15.9 Å². The third kappa shape index (κ3) is 3.21. The number of aliphatic hydroxyl groups is 1. The Morgan fingerprint density at radius 1 is 1.44 bits per heavy atom. The van der Waals surface area contributed by atoms with Gasteiger partial charge in [-0.3, -0.25) is 4.79 Å². The molecule has 0 fully saturated rings. The first-order valence-electron chi connectivity index (χ1n) is 4.79. The Balaban J connectivity index is 2.89. The third-order valence-electron chi connectivity index (χ3n) is 1.97. The van der Waals surface area contributed by atoms with Gasteiger partial charge in [0, 0.05) is 23.1 Å². The lowest BCUT2D eigenvalue weighted by Crippen LogP contribution is -2.02. The number of rotatable bonds is 6. The highest BCUT2D eigenvalue weighted by Gasteiger charge is 2.09. The Kier molecular flexibility index (Phi) is 5.28. The second-order valence-corrected chi connectivity index (χ2v) is 3.92. The molecule has 0 saturated heterocycles. The van der Waals surface area contributed by atoms with Crippen molar-refractivity contribution in [3.05, 3.63) is 22.2 Å². The van der Waals surface area contributed by atoms with Gasteiger partial charge in [0.15, 0.2) is 17.8 Å². The minimum Gasteiger partial charge on any atom is -0.493 e. The standard InChI is InChI=1S/C11H13BrO4/c1-15-10-5-8(7-14)9(12)6-11(10)16-4-2-3-13/h5-7,13H,2-4H2,1H3. The highest BCUT2D eigenvalue weighted by Crippen LogP contribution is 2.32. The van der Waals surface area contributed by atoms with Crippen LogP contribution in [0.5, 0.6) is 11.5 Å². The molecule has 0 aliphatic heterocycles.